The van der Waals surface area contributed by atoms with Crippen LogP contribution in [0.5, 0.6) is 0 Å². The lowest BCUT2D eigenvalue weighted by Gasteiger charge is -2.44. The molecule has 1 aliphatic rings. The van der Waals surface area contributed by atoms with Gasteiger partial charge < -0.3 is 10.3 Å². The zero-order valence-corrected chi connectivity index (χ0v) is 14.1. The third-order valence-electron chi connectivity index (χ3n) is 4.06. The summed E-state index contributed by atoms with van der Waals surface area (Å²) in [4.78, 5) is 20.2. The van der Waals surface area contributed by atoms with E-state index in [4.69, 9.17) is 0 Å². The highest BCUT2D eigenvalue weighted by Gasteiger charge is 2.45. The summed E-state index contributed by atoms with van der Waals surface area (Å²) in [6.45, 7) is 0.753. The number of H-pyrrole nitrogens is 1. The molecular weight excluding hydrogens is 340 g/mol. The SMILES string of the molecule is CS(=O)N1CC(C#N)(Nc2ccnc(-c3ncnc4[nH]ccc34)n2)C1. The van der Waals surface area contributed by atoms with Gasteiger partial charge in [0.1, 0.15) is 23.5 Å². The van der Waals surface area contributed by atoms with Gasteiger partial charge in [-0.2, -0.15) is 5.26 Å². The molecule has 4 rings (SSSR count). The van der Waals surface area contributed by atoms with Crippen LogP contribution in [0.3, 0.4) is 0 Å². The third-order valence-corrected chi connectivity index (χ3v) is 5.04. The molecule has 1 fully saturated rings. The summed E-state index contributed by atoms with van der Waals surface area (Å²) in [7, 11) is -1.09. The van der Waals surface area contributed by atoms with Crippen molar-refractivity contribution in [2.75, 3.05) is 24.7 Å². The zero-order valence-electron chi connectivity index (χ0n) is 13.3. The van der Waals surface area contributed by atoms with Gasteiger partial charge in [0.15, 0.2) is 11.4 Å². The first-order valence-corrected chi connectivity index (χ1v) is 9.01. The Kier molecular flexibility index (Phi) is 3.67. The summed E-state index contributed by atoms with van der Waals surface area (Å²) >= 11 is 0. The van der Waals surface area contributed by atoms with Crippen LogP contribution in [0.2, 0.25) is 0 Å². The Balaban J connectivity index is 1.64. The quantitative estimate of drug-likeness (QED) is 0.706. The molecule has 3 aromatic rings. The van der Waals surface area contributed by atoms with Crippen LogP contribution >= 0.6 is 0 Å². The Morgan fingerprint density at radius 2 is 2.20 bits per heavy atom. The Bertz CT molecular complexity index is 1000. The molecule has 1 aliphatic heterocycles. The van der Waals surface area contributed by atoms with E-state index in [-0.39, 0.29) is 0 Å². The Hall–Kier alpha value is -2.90. The number of anilines is 1. The summed E-state index contributed by atoms with van der Waals surface area (Å²) in [5, 5.41) is 13.5. The van der Waals surface area contributed by atoms with Crippen molar-refractivity contribution in [1.29, 1.82) is 5.26 Å². The van der Waals surface area contributed by atoms with Gasteiger partial charge in [-0.3, -0.25) is 0 Å². The second-order valence-corrected chi connectivity index (χ2v) is 7.13. The second kappa shape index (κ2) is 5.87. The molecule has 0 saturated carbocycles. The van der Waals surface area contributed by atoms with E-state index in [2.05, 4.69) is 36.3 Å². The molecule has 0 amide bonds. The maximum absolute atomic E-state index is 11.5. The molecule has 2 N–H and O–H groups in total. The maximum Gasteiger partial charge on any atom is 0.180 e. The fourth-order valence-electron chi connectivity index (χ4n) is 2.75. The van der Waals surface area contributed by atoms with Crippen LogP contribution < -0.4 is 5.32 Å². The minimum atomic E-state index is -1.09. The first-order valence-electron chi connectivity index (χ1n) is 7.50. The van der Waals surface area contributed by atoms with Gasteiger partial charge in [-0.25, -0.2) is 28.5 Å². The summed E-state index contributed by atoms with van der Waals surface area (Å²) < 4.78 is 13.2. The van der Waals surface area contributed by atoms with Gasteiger partial charge in [-0.05, 0) is 12.1 Å². The minimum Gasteiger partial charge on any atom is -0.350 e. The van der Waals surface area contributed by atoms with E-state index in [0.717, 1.165) is 5.39 Å². The minimum absolute atomic E-state index is 0.376. The highest BCUT2D eigenvalue weighted by molar-refractivity contribution is 7.81. The van der Waals surface area contributed by atoms with Gasteiger partial charge in [-0.15, -0.1) is 0 Å². The fraction of sp³-hybridized carbons (Fsp3) is 0.267. The molecule has 3 aromatic heterocycles. The van der Waals surface area contributed by atoms with Crippen LogP contribution in [0.4, 0.5) is 5.82 Å². The van der Waals surface area contributed by atoms with Gasteiger partial charge in [0.05, 0.1) is 17.1 Å². The molecule has 4 heterocycles. The van der Waals surface area contributed by atoms with E-state index in [0.29, 0.717) is 36.1 Å². The molecule has 0 spiro atoms. The largest absolute Gasteiger partial charge is 0.350 e. The molecule has 25 heavy (non-hydrogen) atoms. The number of fused-ring (bicyclic) bond motifs is 1. The predicted octanol–water partition coefficient (Wildman–Crippen LogP) is 0.698. The molecule has 0 aromatic carbocycles. The van der Waals surface area contributed by atoms with Crippen molar-refractivity contribution in [3.63, 3.8) is 0 Å². The highest BCUT2D eigenvalue weighted by atomic mass is 32.2. The van der Waals surface area contributed by atoms with Gasteiger partial charge in [0.25, 0.3) is 0 Å². The maximum atomic E-state index is 11.5. The van der Waals surface area contributed by atoms with Gasteiger partial charge in [0, 0.05) is 37.1 Å². The standard InChI is InChI=1S/C15H14N8OS/c1-25(24)23-7-15(6-16,8-23)22-11-3-5-18-14(21-11)12-10-2-4-17-13(10)20-9-19-12/h2-5,9H,7-8H2,1H3,(H,17,19,20)(H,18,21,22). The highest BCUT2D eigenvalue weighted by Crippen LogP contribution is 2.27. The van der Waals surface area contributed by atoms with Crippen molar-refractivity contribution in [3.8, 4) is 17.6 Å². The van der Waals surface area contributed by atoms with E-state index in [9.17, 15) is 9.47 Å². The first-order chi connectivity index (χ1) is 12.1. The van der Waals surface area contributed by atoms with E-state index in [1.807, 2.05) is 6.07 Å². The average molecular weight is 354 g/mol. The summed E-state index contributed by atoms with van der Waals surface area (Å²) in [5.41, 5.74) is 0.526. The molecule has 0 bridgehead atoms. The molecule has 126 valence electrons. The Morgan fingerprint density at radius 1 is 1.36 bits per heavy atom. The molecule has 1 atom stereocenters. The number of nitrogens with one attached hydrogen (secondary N) is 2. The fourth-order valence-corrected chi connectivity index (χ4v) is 3.56. The normalized spacial score (nSPS) is 17.6. The van der Waals surface area contributed by atoms with Crippen molar-refractivity contribution in [1.82, 2.24) is 29.2 Å². The van der Waals surface area contributed by atoms with Crippen molar-refractivity contribution in [2.24, 2.45) is 0 Å². The zero-order chi connectivity index (χ0) is 17.4. The van der Waals surface area contributed by atoms with E-state index in [1.165, 1.54) is 6.33 Å². The van der Waals surface area contributed by atoms with Crippen LogP contribution in [0.15, 0.2) is 30.9 Å². The number of aromatic amines is 1. The van der Waals surface area contributed by atoms with Crippen LogP contribution in [0.1, 0.15) is 0 Å². The van der Waals surface area contributed by atoms with E-state index >= 15 is 0 Å². The summed E-state index contributed by atoms with van der Waals surface area (Å²) in [6.07, 6.45) is 6.45. The molecule has 0 radical (unpaired) electrons. The lowest BCUT2D eigenvalue weighted by molar-refractivity contribution is 0.239. The van der Waals surface area contributed by atoms with Crippen LogP contribution in [-0.2, 0) is 11.0 Å². The third kappa shape index (κ3) is 2.73. The predicted molar refractivity (Wildman–Crippen MR) is 92.5 cm³/mol. The van der Waals surface area contributed by atoms with Crippen LogP contribution in [0, 0.1) is 11.3 Å². The molecule has 10 heteroatoms. The monoisotopic (exact) mass is 354 g/mol. The molecule has 1 unspecified atom stereocenters. The van der Waals surface area contributed by atoms with Gasteiger partial charge >= 0.3 is 0 Å². The lowest BCUT2D eigenvalue weighted by Crippen LogP contribution is -2.65. The smallest absolute Gasteiger partial charge is 0.180 e. The summed E-state index contributed by atoms with van der Waals surface area (Å²) in [6, 6.07) is 5.82. The van der Waals surface area contributed by atoms with Crippen molar-refractivity contribution in [3.05, 3.63) is 30.9 Å². The van der Waals surface area contributed by atoms with E-state index < -0.39 is 16.5 Å². The van der Waals surface area contributed by atoms with Crippen molar-refractivity contribution >= 4 is 27.8 Å². The van der Waals surface area contributed by atoms with Crippen molar-refractivity contribution in [2.45, 2.75) is 5.54 Å². The second-order valence-electron chi connectivity index (χ2n) is 5.77. The number of hydrogen-bond acceptors (Lipinski definition) is 7. The Labute approximate surface area is 145 Å². The molecule has 1 saturated heterocycles. The number of nitrogens with zero attached hydrogens (tertiary/aromatic N) is 6. The molecule has 0 aliphatic carbocycles. The van der Waals surface area contributed by atoms with Crippen molar-refractivity contribution < 1.29 is 4.21 Å². The number of aromatic nitrogens is 5. The average Bonchev–Trinajstić information content (AvgIpc) is 3.06. The first kappa shape index (κ1) is 15.6. The summed E-state index contributed by atoms with van der Waals surface area (Å²) in [5.74, 6) is 0.968. The van der Waals surface area contributed by atoms with Gasteiger partial charge in [0.2, 0.25) is 0 Å². The van der Waals surface area contributed by atoms with Crippen LogP contribution in [-0.4, -0.2) is 58.3 Å². The number of hydrogen-bond donors (Lipinski definition) is 2. The molecular formula is C15H14N8OS. The van der Waals surface area contributed by atoms with Gasteiger partial charge in [-0.1, -0.05) is 0 Å². The lowest BCUT2D eigenvalue weighted by atomic mass is 9.94. The van der Waals surface area contributed by atoms with Crippen LogP contribution in [0.25, 0.3) is 22.6 Å². The molecule has 9 nitrogen and oxygen atoms in total. The Morgan fingerprint density at radius 3 is 2.96 bits per heavy atom. The van der Waals surface area contributed by atoms with E-state index in [1.54, 1.807) is 29.0 Å². The topological polar surface area (TPSA) is 123 Å². The number of nitriles is 1. The number of rotatable bonds is 4.